The first kappa shape index (κ1) is 20.0. The Morgan fingerprint density at radius 3 is 2.29 bits per heavy atom. The molecule has 0 unspecified atom stereocenters. The van der Waals surface area contributed by atoms with Crippen molar-refractivity contribution in [3.8, 4) is 11.1 Å². The molecule has 0 saturated heterocycles. The van der Waals surface area contributed by atoms with Crippen LogP contribution in [0.25, 0.3) is 11.1 Å². The van der Waals surface area contributed by atoms with Crippen LogP contribution in [0.5, 0.6) is 0 Å². The molecule has 158 valence electrons. The van der Waals surface area contributed by atoms with E-state index in [1.54, 1.807) is 0 Å². The van der Waals surface area contributed by atoms with Crippen LogP contribution in [0.3, 0.4) is 0 Å². The van der Waals surface area contributed by atoms with E-state index in [9.17, 15) is 9.59 Å². The van der Waals surface area contributed by atoms with Gasteiger partial charge in [0.15, 0.2) is 0 Å². The second kappa shape index (κ2) is 7.97. The molecule has 2 aromatic carbocycles. The zero-order valence-electron chi connectivity index (χ0n) is 17.2. The number of rotatable bonds is 6. The van der Waals surface area contributed by atoms with E-state index >= 15 is 0 Å². The Labute approximate surface area is 185 Å². The molecule has 2 N–H and O–H groups in total. The SMILES string of the molecule is O=C(NC1CC2(C1)CC(C(=O)O)C2)c1sccc1Cc1ccc(-c2ccccc2)cc1. The number of carbonyl (C=O) groups excluding carboxylic acids is 1. The third-order valence-electron chi connectivity index (χ3n) is 6.81. The van der Waals surface area contributed by atoms with Gasteiger partial charge in [0.2, 0.25) is 0 Å². The van der Waals surface area contributed by atoms with Crippen LogP contribution in [0.2, 0.25) is 0 Å². The molecule has 1 aromatic heterocycles. The van der Waals surface area contributed by atoms with Crippen molar-refractivity contribution in [2.75, 3.05) is 0 Å². The average Bonchev–Trinajstić information content (AvgIpc) is 3.18. The van der Waals surface area contributed by atoms with Gasteiger partial charge < -0.3 is 10.4 Å². The fraction of sp³-hybridized carbons (Fsp3) is 0.308. The van der Waals surface area contributed by atoms with E-state index in [-0.39, 0.29) is 23.3 Å². The van der Waals surface area contributed by atoms with Crippen LogP contribution in [-0.4, -0.2) is 23.0 Å². The van der Waals surface area contributed by atoms with Gasteiger partial charge in [-0.05, 0) is 71.2 Å². The van der Waals surface area contributed by atoms with Gasteiger partial charge in [-0.3, -0.25) is 9.59 Å². The van der Waals surface area contributed by atoms with Crippen molar-refractivity contribution in [1.82, 2.24) is 5.32 Å². The van der Waals surface area contributed by atoms with Crippen molar-refractivity contribution in [2.45, 2.75) is 38.1 Å². The summed E-state index contributed by atoms with van der Waals surface area (Å²) >= 11 is 1.49. The second-order valence-corrected chi connectivity index (χ2v) is 9.95. The van der Waals surface area contributed by atoms with Gasteiger partial charge >= 0.3 is 5.97 Å². The standard InChI is InChI=1S/C26H25NO3S/c28-24(27-22-15-26(16-22)13-21(14-26)25(29)30)23-20(10-11-31-23)12-17-6-8-19(9-7-17)18-4-2-1-3-5-18/h1-11,21-22H,12-16H2,(H,27,28)(H,29,30). The Morgan fingerprint density at radius 2 is 1.61 bits per heavy atom. The number of amides is 1. The molecular weight excluding hydrogens is 406 g/mol. The molecule has 0 radical (unpaired) electrons. The Kier molecular flexibility index (Phi) is 5.14. The summed E-state index contributed by atoms with van der Waals surface area (Å²) in [4.78, 5) is 24.7. The van der Waals surface area contributed by atoms with E-state index in [1.807, 2.05) is 29.6 Å². The Balaban J connectivity index is 1.18. The zero-order chi connectivity index (χ0) is 21.4. The second-order valence-electron chi connectivity index (χ2n) is 9.04. The summed E-state index contributed by atoms with van der Waals surface area (Å²) in [5, 5.41) is 14.2. The highest BCUT2D eigenvalue weighted by molar-refractivity contribution is 7.12. The van der Waals surface area contributed by atoms with E-state index in [0.29, 0.717) is 0 Å². The topological polar surface area (TPSA) is 66.4 Å². The highest BCUT2D eigenvalue weighted by atomic mass is 32.1. The molecule has 1 amide bonds. The Morgan fingerprint density at radius 1 is 0.935 bits per heavy atom. The van der Waals surface area contributed by atoms with E-state index in [0.717, 1.165) is 42.5 Å². The van der Waals surface area contributed by atoms with Crippen LogP contribution >= 0.6 is 11.3 Å². The molecular formula is C26H25NO3S. The van der Waals surface area contributed by atoms with Gasteiger partial charge in [-0.1, -0.05) is 54.6 Å². The number of thiophene rings is 1. The monoisotopic (exact) mass is 431 g/mol. The quantitative estimate of drug-likeness (QED) is 0.551. The van der Waals surface area contributed by atoms with Gasteiger partial charge in [0.1, 0.15) is 0 Å². The lowest BCUT2D eigenvalue weighted by atomic mass is 9.50. The number of aliphatic carboxylic acids is 1. The molecule has 31 heavy (non-hydrogen) atoms. The first-order valence-corrected chi connectivity index (χ1v) is 11.6. The summed E-state index contributed by atoms with van der Waals surface area (Å²) in [5.74, 6) is -0.869. The molecule has 0 bridgehead atoms. The van der Waals surface area contributed by atoms with Crippen molar-refractivity contribution in [3.63, 3.8) is 0 Å². The fourth-order valence-electron chi connectivity index (χ4n) is 5.17. The Hall–Kier alpha value is -2.92. The minimum atomic E-state index is -0.682. The molecule has 2 aliphatic carbocycles. The number of nitrogens with one attached hydrogen (secondary N) is 1. The molecule has 2 saturated carbocycles. The van der Waals surface area contributed by atoms with Gasteiger partial charge in [0.25, 0.3) is 5.91 Å². The van der Waals surface area contributed by atoms with Crippen LogP contribution in [-0.2, 0) is 11.2 Å². The first-order chi connectivity index (χ1) is 15.0. The molecule has 3 aromatic rings. The van der Waals surface area contributed by atoms with Crippen molar-refractivity contribution < 1.29 is 14.7 Å². The lowest BCUT2D eigenvalue weighted by Gasteiger charge is -2.56. The largest absolute Gasteiger partial charge is 0.481 e. The predicted octanol–water partition coefficient (Wildman–Crippen LogP) is 5.38. The summed E-state index contributed by atoms with van der Waals surface area (Å²) in [6.07, 6.45) is 4.07. The van der Waals surface area contributed by atoms with E-state index in [4.69, 9.17) is 5.11 Å². The average molecular weight is 432 g/mol. The maximum absolute atomic E-state index is 12.9. The van der Waals surface area contributed by atoms with E-state index in [1.165, 1.54) is 28.0 Å². The molecule has 1 heterocycles. The van der Waals surface area contributed by atoms with Crippen LogP contribution in [0, 0.1) is 11.3 Å². The zero-order valence-corrected chi connectivity index (χ0v) is 18.0. The summed E-state index contributed by atoms with van der Waals surface area (Å²) in [7, 11) is 0. The summed E-state index contributed by atoms with van der Waals surface area (Å²) in [5.41, 5.74) is 4.79. The third-order valence-corrected chi connectivity index (χ3v) is 7.77. The van der Waals surface area contributed by atoms with E-state index < -0.39 is 5.97 Å². The van der Waals surface area contributed by atoms with Crippen molar-refractivity contribution in [2.24, 2.45) is 11.3 Å². The molecule has 0 atom stereocenters. The van der Waals surface area contributed by atoms with Crippen LogP contribution in [0.15, 0.2) is 66.0 Å². The summed E-state index contributed by atoms with van der Waals surface area (Å²) < 4.78 is 0. The van der Waals surface area contributed by atoms with Crippen LogP contribution < -0.4 is 5.32 Å². The maximum Gasteiger partial charge on any atom is 0.306 e. The molecule has 5 heteroatoms. The number of benzene rings is 2. The van der Waals surface area contributed by atoms with Crippen molar-refractivity contribution in [1.29, 1.82) is 0 Å². The lowest BCUT2D eigenvalue weighted by Crippen LogP contribution is -2.57. The molecule has 1 spiro atoms. The molecule has 5 rings (SSSR count). The predicted molar refractivity (Wildman–Crippen MR) is 122 cm³/mol. The first-order valence-electron chi connectivity index (χ1n) is 10.8. The maximum atomic E-state index is 12.9. The van der Waals surface area contributed by atoms with Crippen LogP contribution in [0.1, 0.15) is 46.5 Å². The lowest BCUT2D eigenvalue weighted by molar-refractivity contribution is -0.155. The third kappa shape index (κ3) is 4.02. The number of carboxylic acids is 1. The van der Waals surface area contributed by atoms with Gasteiger partial charge in [-0.2, -0.15) is 0 Å². The van der Waals surface area contributed by atoms with Crippen molar-refractivity contribution in [3.05, 3.63) is 82.0 Å². The molecule has 4 nitrogen and oxygen atoms in total. The normalized spacial score (nSPS) is 24.3. The smallest absolute Gasteiger partial charge is 0.306 e. The number of hydrogen-bond donors (Lipinski definition) is 2. The number of carboxylic acid groups (broad SMARTS) is 1. The molecule has 2 fully saturated rings. The van der Waals surface area contributed by atoms with Crippen molar-refractivity contribution >= 4 is 23.2 Å². The number of hydrogen-bond acceptors (Lipinski definition) is 3. The van der Waals surface area contributed by atoms with Gasteiger partial charge in [-0.25, -0.2) is 0 Å². The van der Waals surface area contributed by atoms with Crippen LogP contribution in [0.4, 0.5) is 0 Å². The van der Waals surface area contributed by atoms with Gasteiger partial charge in [-0.15, -0.1) is 11.3 Å². The fourth-order valence-corrected chi connectivity index (χ4v) is 6.00. The molecule has 0 aliphatic heterocycles. The minimum absolute atomic E-state index is 0.000126. The summed E-state index contributed by atoms with van der Waals surface area (Å²) in [6, 6.07) is 21.0. The highest BCUT2D eigenvalue weighted by Crippen LogP contribution is 2.58. The summed E-state index contributed by atoms with van der Waals surface area (Å²) in [6.45, 7) is 0. The highest BCUT2D eigenvalue weighted by Gasteiger charge is 2.55. The van der Waals surface area contributed by atoms with Gasteiger partial charge in [0.05, 0.1) is 10.8 Å². The Bertz CT molecular complexity index is 1090. The minimum Gasteiger partial charge on any atom is -0.481 e. The van der Waals surface area contributed by atoms with E-state index in [2.05, 4.69) is 41.7 Å². The molecule has 2 aliphatic rings. The van der Waals surface area contributed by atoms with Gasteiger partial charge in [0, 0.05) is 6.04 Å². The number of carbonyl (C=O) groups is 2.